The van der Waals surface area contributed by atoms with Crippen molar-refractivity contribution in [3.8, 4) is 0 Å². The average molecular weight is 212 g/mol. The van der Waals surface area contributed by atoms with Gasteiger partial charge in [0.2, 0.25) is 5.16 Å². The second kappa shape index (κ2) is 3.47. The first-order valence-corrected chi connectivity index (χ1v) is 5.42. The molecule has 0 radical (unpaired) electrons. The number of hydrogen-bond acceptors (Lipinski definition) is 5. The Balaban J connectivity index is 2.14. The number of H-pyrrole nitrogens is 1. The van der Waals surface area contributed by atoms with Crippen molar-refractivity contribution >= 4 is 23.1 Å². The molecule has 68 valence electrons. The van der Waals surface area contributed by atoms with E-state index in [0.29, 0.717) is 0 Å². The molecule has 0 bridgehead atoms. The molecule has 0 atom stereocenters. The van der Waals surface area contributed by atoms with Crippen molar-refractivity contribution in [2.45, 2.75) is 23.3 Å². The minimum atomic E-state index is 0.729. The van der Waals surface area contributed by atoms with Crippen LogP contribution in [0.4, 0.5) is 0 Å². The summed E-state index contributed by atoms with van der Waals surface area (Å²) >= 11 is 3.09. The monoisotopic (exact) mass is 212 g/mol. The molecule has 0 saturated heterocycles. The van der Waals surface area contributed by atoms with Gasteiger partial charge in [0.1, 0.15) is 5.82 Å². The zero-order valence-corrected chi connectivity index (χ0v) is 8.87. The number of thiazole rings is 1. The van der Waals surface area contributed by atoms with Crippen LogP contribution in [0.2, 0.25) is 0 Å². The topological polar surface area (TPSA) is 54.5 Å². The standard InChI is InChI=1S/C7H8N4S2/c1-4-3-12-7(8-4)13-6-9-5(2)10-11-6/h3H,1-2H3,(H,9,10,11). The molecule has 2 aromatic rings. The molecule has 0 aliphatic rings. The summed E-state index contributed by atoms with van der Waals surface area (Å²) in [5.41, 5.74) is 1.04. The molecule has 6 heteroatoms. The van der Waals surface area contributed by atoms with Crippen LogP contribution in [0.3, 0.4) is 0 Å². The van der Waals surface area contributed by atoms with E-state index in [-0.39, 0.29) is 0 Å². The second-order valence-electron chi connectivity index (χ2n) is 2.56. The minimum absolute atomic E-state index is 0.729. The van der Waals surface area contributed by atoms with E-state index in [2.05, 4.69) is 20.2 Å². The lowest BCUT2D eigenvalue weighted by Crippen LogP contribution is -1.75. The Hall–Kier alpha value is -0.880. The minimum Gasteiger partial charge on any atom is -0.262 e. The lowest BCUT2D eigenvalue weighted by atomic mass is 10.6. The maximum Gasteiger partial charge on any atom is 0.215 e. The smallest absolute Gasteiger partial charge is 0.215 e. The van der Waals surface area contributed by atoms with Gasteiger partial charge in [0.25, 0.3) is 0 Å². The Labute approximate surface area is 83.8 Å². The Morgan fingerprint density at radius 2 is 2.23 bits per heavy atom. The average Bonchev–Trinajstić information content (AvgIpc) is 2.62. The van der Waals surface area contributed by atoms with E-state index in [9.17, 15) is 0 Å². The SMILES string of the molecule is Cc1csc(Sc2n[nH]c(C)n2)n1. The first kappa shape index (κ1) is 8.71. The number of aryl methyl sites for hydroxylation is 2. The molecular formula is C7H8N4S2. The highest BCUT2D eigenvalue weighted by atomic mass is 32.2. The molecule has 0 fully saturated rings. The van der Waals surface area contributed by atoms with Crippen LogP contribution in [0.15, 0.2) is 14.9 Å². The van der Waals surface area contributed by atoms with Crippen molar-refractivity contribution in [1.82, 2.24) is 20.2 Å². The first-order chi connectivity index (χ1) is 6.24. The summed E-state index contributed by atoms with van der Waals surface area (Å²) in [4.78, 5) is 8.48. The predicted molar refractivity (Wildman–Crippen MR) is 52.1 cm³/mol. The number of aromatic amines is 1. The van der Waals surface area contributed by atoms with E-state index in [0.717, 1.165) is 21.0 Å². The molecule has 0 saturated carbocycles. The Morgan fingerprint density at radius 3 is 2.77 bits per heavy atom. The van der Waals surface area contributed by atoms with Crippen molar-refractivity contribution in [2.24, 2.45) is 0 Å². The third-order valence-corrected chi connectivity index (χ3v) is 3.27. The highest BCUT2D eigenvalue weighted by Gasteiger charge is 2.05. The molecule has 4 nitrogen and oxygen atoms in total. The van der Waals surface area contributed by atoms with E-state index in [4.69, 9.17) is 0 Å². The van der Waals surface area contributed by atoms with Crippen LogP contribution in [0.5, 0.6) is 0 Å². The molecule has 0 unspecified atom stereocenters. The van der Waals surface area contributed by atoms with Gasteiger partial charge in [-0.05, 0) is 25.6 Å². The van der Waals surface area contributed by atoms with Crippen LogP contribution in [-0.2, 0) is 0 Å². The fraction of sp³-hybridized carbons (Fsp3) is 0.286. The number of hydrogen-bond donors (Lipinski definition) is 1. The van der Waals surface area contributed by atoms with Gasteiger partial charge in [0, 0.05) is 11.1 Å². The maximum atomic E-state index is 4.30. The summed E-state index contributed by atoms with van der Waals surface area (Å²) in [6.07, 6.45) is 0. The number of rotatable bonds is 2. The molecule has 0 spiro atoms. The van der Waals surface area contributed by atoms with Gasteiger partial charge in [-0.3, -0.25) is 5.10 Å². The number of nitrogens with one attached hydrogen (secondary N) is 1. The predicted octanol–water partition coefficient (Wildman–Crippen LogP) is 2.03. The third-order valence-electron chi connectivity index (χ3n) is 1.35. The fourth-order valence-corrected chi connectivity index (χ4v) is 2.53. The largest absolute Gasteiger partial charge is 0.262 e. The van der Waals surface area contributed by atoms with Gasteiger partial charge in [-0.25, -0.2) is 9.97 Å². The van der Waals surface area contributed by atoms with Crippen molar-refractivity contribution in [3.63, 3.8) is 0 Å². The summed E-state index contributed by atoms with van der Waals surface area (Å²) in [6, 6.07) is 0. The molecular weight excluding hydrogens is 204 g/mol. The maximum absolute atomic E-state index is 4.30. The van der Waals surface area contributed by atoms with Gasteiger partial charge >= 0.3 is 0 Å². The van der Waals surface area contributed by atoms with Crippen molar-refractivity contribution in [2.75, 3.05) is 0 Å². The highest BCUT2D eigenvalue weighted by Crippen LogP contribution is 2.27. The first-order valence-electron chi connectivity index (χ1n) is 3.73. The Kier molecular flexibility index (Phi) is 2.32. The number of nitrogens with zero attached hydrogens (tertiary/aromatic N) is 3. The van der Waals surface area contributed by atoms with E-state index >= 15 is 0 Å². The quantitative estimate of drug-likeness (QED) is 0.827. The molecule has 2 rings (SSSR count). The summed E-state index contributed by atoms with van der Waals surface area (Å²) in [6.45, 7) is 3.86. The zero-order chi connectivity index (χ0) is 9.26. The van der Waals surface area contributed by atoms with E-state index in [1.807, 2.05) is 19.2 Å². The molecule has 0 aromatic carbocycles. The van der Waals surface area contributed by atoms with Crippen molar-refractivity contribution in [3.05, 3.63) is 16.9 Å². The summed E-state index contributed by atoms with van der Waals surface area (Å²) in [7, 11) is 0. The summed E-state index contributed by atoms with van der Waals surface area (Å²) in [5.74, 6) is 0.829. The van der Waals surface area contributed by atoms with Gasteiger partial charge in [-0.1, -0.05) is 0 Å². The molecule has 13 heavy (non-hydrogen) atoms. The fourth-order valence-electron chi connectivity index (χ4n) is 0.825. The van der Waals surface area contributed by atoms with Gasteiger partial charge in [0.15, 0.2) is 4.34 Å². The van der Waals surface area contributed by atoms with Gasteiger partial charge in [-0.15, -0.1) is 16.4 Å². The van der Waals surface area contributed by atoms with Crippen LogP contribution in [0.1, 0.15) is 11.5 Å². The lowest BCUT2D eigenvalue weighted by molar-refractivity contribution is 0.967. The second-order valence-corrected chi connectivity index (χ2v) is 4.63. The molecule has 0 aliphatic heterocycles. The van der Waals surface area contributed by atoms with Crippen LogP contribution in [0.25, 0.3) is 0 Å². The van der Waals surface area contributed by atoms with Crippen molar-refractivity contribution < 1.29 is 0 Å². The van der Waals surface area contributed by atoms with Crippen LogP contribution in [0, 0.1) is 13.8 Å². The summed E-state index contributed by atoms with van der Waals surface area (Å²) in [5, 5.41) is 9.55. The highest BCUT2D eigenvalue weighted by molar-refractivity contribution is 8.00. The van der Waals surface area contributed by atoms with Crippen LogP contribution >= 0.6 is 23.1 Å². The molecule has 2 heterocycles. The molecule has 2 aromatic heterocycles. The van der Waals surface area contributed by atoms with Gasteiger partial charge in [0.05, 0.1) is 0 Å². The lowest BCUT2D eigenvalue weighted by Gasteiger charge is -1.86. The van der Waals surface area contributed by atoms with Crippen LogP contribution < -0.4 is 0 Å². The molecule has 0 amide bonds. The van der Waals surface area contributed by atoms with E-state index in [1.54, 1.807) is 11.3 Å². The van der Waals surface area contributed by atoms with Crippen molar-refractivity contribution in [1.29, 1.82) is 0 Å². The Bertz CT molecular complexity index is 368. The molecule has 1 N–H and O–H groups in total. The Morgan fingerprint density at radius 1 is 1.38 bits per heavy atom. The van der Waals surface area contributed by atoms with Gasteiger partial charge < -0.3 is 0 Å². The van der Waals surface area contributed by atoms with E-state index < -0.39 is 0 Å². The normalized spacial score (nSPS) is 10.6. The van der Waals surface area contributed by atoms with Gasteiger partial charge in [-0.2, -0.15) is 0 Å². The van der Waals surface area contributed by atoms with Crippen LogP contribution in [-0.4, -0.2) is 20.2 Å². The van der Waals surface area contributed by atoms with E-state index in [1.165, 1.54) is 11.8 Å². The molecule has 0 aliphatic carbocycles. The zero-order valence-electron chi connectivity index (χ0n) is 7.24. The number of aromatic nitrogens is 4. The summed E-state index contributed by atoms with van der Waals surface area (Å²) < 4.78 is 0.983. The third kappa shape index (κ3) is 2.07.